The Morgan fingerprint density at radius 2 is 1.81 bits per heavy atom. The molecule has 0 aliphatic carbocycles. The summed E-state index contributed by atoms with van der Waals surface area (Å²) < 4.78 is 18.0. The molecule has 0 saturated carbocycles. The van der Waals surface area contributed by atoms with Gasteiger partial charge in [-0.05, 0) is 24.6 Å². The molecule has 5 heteroatoms. The van der Waals surface area contributed by atoms with Gasteiger partial charge in [0.05, 0.1) is 11.1 Å². The van der Waals surface area contributed by atoms with E-state index in [1.165, 1.54) is 13.2 Å². The van der Waals surface area contributed by atoms with Gasteiger partial charge in [-0.2, -0.15) is 0 Å². The average molecular weight is 223 g/mol. The molecule has 2 rings (SSSR count). The summed E-state index contributed by atoms with van der Waals surface area (Å²) in [5.41, 5.74) is 0.685. The van der Waals surface area contributed by atoms with E-state index in [1.807, 2.05) is 0 Å². The Bertz CT molecular complexity index is 443. The van der Waals surface area contributed by atoms with E-state index in [0.717, 1.165) is 11.0 Å². The van der Waals surface area contributed by atoms with Crippen LogP contribution in [0.2, 0.25) is 0 Å². The third kappa shape index (κ3) is 1.40. The number of hydrogen-bond acceptors (Lipinski definition) is 3. The van der Waals surface area contributed by atoms with Crippen molar-refractivity contribution in [1.29, 1.82) is 0 Å². The fourth-order valence-electron chi connectivity index (χ4n) is 1.66. The number of rotatable bonds is 2. The molecule has 2 amide bonds. The van der Waals surface area contributed by atoms with Crippen molar-refractivity contribution in [2.75, 3.05) is 13.8 Å². The zero-order valence-electron chi connectivity index (χ0n) is 8.91. The fourth-order valence-corrected chi connectivity index (χ4v) is 1.66. The first kappa shape index (κ1) is 10.8. The van der Waals surface area contributed by atoms with Gasteiger partial charge < -0.3 is 4.74 Å². The number of aryl methyl sites for hydroxylation is 1. The minimum absolute atomic E-state index is 0.102. The van der Waals surface area contributed by atoms with E-state index in [0.29, 0.717) is 5.56 Å². The standard InChI is InChI=1S/C11H10FNO3/c1-6-3-7-8(4-9(6)12)11(15)13(5-16-2)10(7)14/h3-4H,5H2,1-2H3. The first-order valence-electron chi connectivity index (χ1n) is 4.71. The molecule has 1 heterocycles. The largest absolute Gasteiger partial charge is 0.364 e. The van der Waals surface area contributed by atoms with E-state index in [2.05, 4.69) is 0 Å². The van der Waals surface area contributed by atoms with Gasteiger partial charge in [0.2, 0.25) is 0 Å². The third-order valence-electron chi connectivity index (χ3n) is 2.51. The summed E-state index contributed by atoms with van der Waals surface area (Å²) in [7, 11) is 1.38. The molecular formula is C11H10FNO3. The normalized spacial score (nSPS) is 14.6. The number of methoxy groups -OCH3 is 1. The van der Waals surface area contributed by atoms with Gasteiger partial charge in [-0.1, -0.05) is 0 Å². The van der Waals surface area contributed by atoms with E-state index >= 15 is 0 Å². The maximum Gasteiger partial charge on any atom is 0.263 e. The van der Waals surface area contributed by atoms with Crippen molar-refractivity contribution in [3.8, 4) is 0 Å². The minimum atomic E-state index is -0.513. The van der Waals surface area contributed by atoms with Crippen molar-refractivity contribution in [2.24, 2.45) is 0 Å². The van der Waals surface area contributed by atoms with Gasteiger partial charge in [-0.25, -0.2) is 4.39 Å². The van der Waals surface area contributed by atoms with Gasteiger partial charge in [0, 0.05) is 7.11 Å². The molecule has 0 saturated heterocycles. The quantitative estimate of drug-likeness (QED) is 0.710. The van der Waals surface area contributed by atoms with Crippen LogP contribution in [-0.4, -0.2) is 30.6 Å². The van der Waals surface area contributed by atoms with Crippen molar-refractivity contribution in [3.63, 3.8) is 0 Å². The van der Waals surface area contributed by atoms with Crippen molar-refractivity contribution in [1.82, 2.24) is 4.90 Å². The molecule has 0 N–H and O–H groups in total. The van der Waals surface area contributed by atoms with E-state index in [-0.39, 0.29) is 17.9 Å². The maximum absolute atomic E-state index is 13.3. The van der Waals surface area contributed by atoms with Crippen molar-refractivity contribution < 1.29 is 18.7 Å². The van der Waals surface area contributed by atoms with Gasteiger partial charge in [-0.15, -0.1) is 0 Å². The molecule has 1 aromatic rings. The second kappa shape index (κ2) is 3.68. The Morgan fingerprint density at radius 3 is 2.38 bits per heavy atom. The molecule has 4 nitrogen and oxygen atoms in total. The molecule has 0 atom stereocenters. The highest BCUT2D eigenvalue weighted by Crippen LogP contribution is 2.25. The van der Waals surface area contributed by atoms with Crippen molar-refractivity contribution >= 4 is 11.8 Å². The Hall–Kier alpha value is -1.75. The topological polar surface area (TPSA) is 46.6 Å². The Labute approximate surface area is 91.6 Å². The van der Waals surface area contributed by atoms with Gasteiger partial charge in [-0.3, -0.25) is 14.5 Å². The molecule has 0 aromatic heterocycles. The predicted octanol–water partition coefficient (Wildman–Crippen LogP) is 1.33. The van der Waals surface area contributed by atoms with Crippen LogP contribution in [0.5, 0.6) is 0 Å². The van der Waals surface area contributed by atoms with E-state index < -0.39 is 17.6 Å². The number of hydrogen-bond donors (Lipinski definition) is 0. The lowest BCUT2D eigenvalue weighted by Gasteiger charge is -2.11. The summed E-state index contributed by atoms with van der Waals surface area (Å²) in [5.74, 6) is -1.44. The van der Waals surface area contributed by atoms with Crippen LogP contribution in [0.1, 0.15) is 26.3 Å². The highest BCUT2D eigenvalue weighted by atomic mass is 19.1. The van der Waals surface area contributed by atoms with Gasteiger partial charge in [0.15, 0.2) is 0 Å². The van der Waals surface area contributed by atoms with Crippen LogP contribution in [-0.2, 0) is 4.74 Å². The lowest BCUT2D eigenvalue weighted by Crippen LogP contribution is -2.31. The number of carbonyl (C=O) groups excluding carboxylic acids is 2. The van der Waals surface area contributed by atoms with Crippen LogP contribution in [0.25, 0.3) is 0 Å². The van der Waals surface area contributed by atoms with Crippen molar-refractivity contribution in [2.45, 2.75) is 6.92 Å². The average Bonchev–Trinajstić information content (AvgIpc) is 2.46. The molecule has 0 spiro atoms. The van der Waals surface area contributed by atoms with Gasteiger partial charge >= 0.3 is 0 Å². The molecule has 1 aliphatic heterocycles. The van der Waals surface area contributed by atoms with Crippen LogP contribution in [0.3, 0.4) is 0 Å². The number of nitrogens with zero attached hydrogens (tertiary/aromatic N) is 1. The SMILES string of the molecule is COCN1C(=O)c2cc(C)c(F)cc2C1=O. The summed E-state index contributed by atoms with van der Waals surface area (Å²) in [6.07, 6.45) is 0. The van der Waals surface area contributed by atoms with E-state index in [9.17, 15) is 14.0 Å². The second-order valence-corrected chi connectivity index (χ2v) is 3.60. The lowest BCUT2D eigenvalue weighted by molar-refractivity contribution is 0.0389. The number of fused-ring (bicyclic) bond motifs is 1. The predicted molar refractivity (Wildman–Crippen MR) is 53.5 cm³/mol. The fraction of sp³-hybridized carbons (Fsp3) is 0.273. The smallest absolute Gasteiger partial charge is 0.263 e. The first-order valence-corrected chi connectivity index (χ1v) is 4.71. The molecule has 1 aliphatic rings. The van der Waals surface area contributed by atoms with Crippen LogP contribution >= 0.6 is 0 Å². The van der Waals surface area contributed by atoms with Gasteiger partial charge in [0.25, 0.3) is 11.8 Å². The molecular weight excluding hydrogens is 213 g/mol. The number of halogens is 1. The van der Waals surface area contributed by atoms with Crippen LogP contribution in [0.15, 0.2) is 12.1 Å². The number of carbonyl (C=O) groups is 2. The summed E-state index contributed by atoms with van der Waals surface area (Å²) in [5, 5.41) is 0. The third-order valence-corrected chi connectivity index (χ3v) is 2.51. The Morgan fingerprint density at radius 1 is 1.25 bits per heavy atom. The summed E-state index contributed by atoms with van der Waals surface area (Å²) in [6.45, 7) is 1.43. The monoisotopic (exact) mass is 223 g/mol. The molecule has 16 heavy (non-hydrogen) atoms. The molecule has 84 valence electrons. The zero-order valence-corrected chi connectivity index (χ0v) is 8.91. The van der Waals surface area contributed by atoms with Crippen LogP contribution in [0.4, 0.5) is 4.39 Å². The maximum atomic E-state index is 13.3. The number of benzene rings is 1. The Balaban J connectivity index is 2.51. The highest BCUT2D eigenvalue weighted by Gasteiger charge is 2.36. The van der Waals surface area contributed by atoms with Gasteiger partial charge in [0.1, 0.15) is 12.5 Å². The zero-order chi connectivity index (χ0) is 11.9. The lowest BCUT2D eigenvalue weighted by atomic mass is 10.1. The minimum Gasteiger partial charge on any atom is -0.364 e. The number of ether oxygens (including phenoxy) is 1. The molecule has 0 radical (unpaired) electrons. The number of imide groups is 1. The molecule has 0 fully saturated rings. The number of amides is 2. The summed E-state index contributed by atoms with van der Waals surface area (Å²) >= 11 is 0. The summed E-state index contributed by atoms with van der Waals surface area (Å²) in [4.78, 5) is 24.4. The Kier molecular flexibility index (Phi) is 2.47. The molecule has 0 bridgehead atoms. The van der Waals surface area contributed by atoms with Crippen molar-refractivity contribution in [3.05, 3.63) is 34.6 Å². The van der Waals surface area contributed by atoms with Crippen LogP contribution < -0.4 is 0 Å². The second-order valence-electron chi connectivity index (χ2n) is 3.60. The van der Waals surface area contributed by atoms with Crippen LogP contribution in [0, 0.1) is 12.7 Å². The highest BCUT2D eigenvalue weighted by molar-refractivity contribution is 6.21. The first-order chi connectivity index (χ1) is 7.56. The molecule has 0 unspecified atom stereocenters. The molecule has 1 aromatic carbocycles. The van der Waals surface area contributed by atoms with E-state index in [1.54, 1.807) is 6.92 Å². The van der Waals surface area contributed by atoms with E-state index in [4.69, 9.17) is 4.74 Å². The summed E-state index contributed by atoms with van der Waals surface area (Å²) in [6, 6.07) is 2.49.